The number of hydrogen-bond donors (Lipinski definition) is 0. The average molecular weight is 395 g/mol. The van der Waals surface area contributed by atoms with Gasteiger partial charge in [0.1, 0.15) is 0 Å². The predicted octanol–water partition coefficient (Wildman–Crippen LogP) is 6.39. The van der Waals surface area contributed by atoms with E-state index in [0.29, 0.717) is 0 Å². The van der Waals surface area contributed by atoms with Crippen molar-refractivity contribution in [2.24, 2.45) is 10.2 Å². The van der Waals surface area contributed by atoms with Crippen LogP contribution in [0.3, 0.4) is 0 Å². The molecule has 2 aromatic heterocycles. The number of aromatic nitrogens is 2. The van der Waals surface area contributed by atoms with Gasteiger partial charge in [0.2, 0.25) is 0 Å². The zero-order valence-corrected chi connectivity index (χ0v) is 17.9. The Bertz CT molecular complexity index is 1110. The van der Waals surface area contributed by atoms with Gasteiger partial charge >= 0.3 is 0 Å². The lowest BCUT2D eigenvalue weighted by atomic mass is 10.2. The highest BCUT2D eigenvalue weighted by Crippen LogP contribution is 2.23. The third-order valence-electron chi connectivity index (χ3n) is 5.25. The maximum absolute atomic E-state index is 4.90. The van der Waals surface area contributed by atoms with Gasteiger partial charge in [-0.1, -0.05) is 60.7 Å². The molecule has 4 aromatic rings. The second-order valence-electron chi connectivity index (χ2n) is 7.45. The minimum Gasteiger partial charge on any atom is -0.237 e. The molecule has 2 aromatic carbocycles. The van der Waals surface area contributed by atoms with Gasteiger partial charge in [0.05, 0.1) is 22.8 Å². The lowest BCUT2D eigenvalue weighted by molar-refractivity contribution is 0.847. The molecule has 0 amide bonds. The quantitative estimate of drug-likeness (QED) is 0.352. The van der Waals surface area contributed by atoms with Crippen LogP contribution in [0.1, 0.15) is 25.2 Å². The fourth-order valence-corrected chi connectivity index (χ4v) is 3.43. The van der Waals surface area contributed by atoms with Crippen LogP contribution in [0.25, 0.3) is 22.5 Å². The summed E-state index contributed by atoms with van der Waals surface area (Å²) in [4.78, 5) is 0. The molecule has 0 atom stereocenters. The Morgan fingerprint density at radius 3 is 1.27 bits per heavy atom. The Hall–Kier alpha value is -3.66. The smallest absolute Gasteiger partial charge is 0.0812 e. The second-order valence-corrected chi connectivity index (χ2v) is 7.45. The summed E-state index contributed by atoms with van der Waals surface area (Å²) < 4.78 is 3.98. The lowest BCUT2D eigenvalue weighted by Gasteiger charge is -2.10. The first-order valence-electron chi connectivity index (χ1n) is 10.1. The molecule has 4 rings (SSSR count). The van der Waals surface area contributed by atoms with E-state index < -0.39 is 0 Å². The molecule has 0 radical (unpaired) electrons. The molecule has 0 saturated heterocycles. The van der Waals surface area contributed by atoms with Gasteiger partial charge < -0.3 is 0 Å². The molecule has 150 valence electrons. The molecule has 0 unspecified atom stereocenters. The number of nitrogens with zero attached hydrogens (tertiary/aromatic N) is 4. The summed E-state index contributed by atoms with van der Waals surface area (Å²) >= 11 is 0. The van der Waals surface area contributed by atoms with Crippen molar-refractivity contribution in [3.63, 3.8) is 0 Å². The summed E-state index contributed by atoms with van der Waals surface area (Å²) in [5, 5.41) is 9.79. The first-order valence-corrected chi connectivity index (χ1v) is 10.1. The maximum Gasteiger partial charge on any atom is 0.0812 e. The molecule has 0 aliphatic rings. The summed E-state index contributed by atoms with van der Waals surface area (Å²) in [7, 11) is 0. The van der Waals surface area contributed by atoms with E-state index in [1.165, 1.54) is 0 Å². The van der Waals surface area contributed by atoms with Gasteiger partial charge in [-0.2, -0.15) is 10.2 Å². The third kappa shape index (κ3) is 3.90. The first kappa shape index (κ1) is 19.6. The topological polar surface area (TPSA) is 34.6 Å². The van der Waals surface area contributed by atoms with E-state index in [1.54, 1.807) is 0 Å². The van der Waals surface area contributed by atoms with E-state index in [0.717, 1.165) is 45.3 Å². The Morgan fingerprint density at radius 2 is 0.900 bits per heavy atom. The normalized spacial score (nSPS) is 12.4. The van der Waals surface area contributed by atoms with E-state index in [2.05, 4.69) is 62.4 Å². The van der Waals surface area contributed by atoms with Crippen LogP contribution in [0, 0.1) is 13.8 Å². The molecule has 0 saturated carbocycles. The van der Waals surface area contributed by atoms with E-state index in [4.69, 9.17) is 10.2 Å². The number of benzene rings is 2. The van der Waals surface area contributed by atoms with Crippen molar-refractivity contribution in [2.45, 2.75) is 27.7 Å². The van der Waals surface area contributed by atoms with E-state index in [1.807, 2.05) is 59.6 Å². The second kappa shape index (κ2) is 8.37. The SMILES string of the molecule is CC(=Nn1c(C)ccc1-c1ccccc1)C(C)=Nn1c(C)ccc1-c1ccccc1. The highest BCUT2D eigenvalue weighted by molar-refractivity contribution is 6.40. The molecule has 0 bridgehead atoms. The largest absolute Gasteiger partial charge is 0.237 e. The molecule has 0 fully saturated rings. The number of hydrogen-bond acceptors (Lipinski definition) is 2. The molecule has 0 N–H and O–H groups in total. The van der Waals surface area contributed by atoms with Crippen LogP contribution < -0.4 is 0 Å². The van der Waals surface area contributed by atoms with Gasteiger partial charge in [0.15, 0.2) is 0 Å². The van der Waals surface area contributed by atoms with Crippen molar-refractivity contribution in [1.82, 2.24) is 9.35 Å². The zero-order chi connectivity index (χ0) is 21.1. The fourth-order valence-electron chi connectivity index (χ4n) is 3.43. The zero-order valence-electron chi connectivity index (χ0n) is 17.9. The average Bonchev–Trinajstić information content (AvgIpc) is 3.32. The molecule has 2 heterocycles. The van der Waals surface area contributed by atoms with Crippen LogP contribution in [0.15, 0.2) is 95.1 Å². The molecule has 0 spiro atoms. The monoisotopic (exact) mass is 394 g/mol. The number of rotatable bonds is 5. The van der Waals surface area contributed by atoms with Crippen molar-refractivity contribution >= 4 is 11.4 Å². The van der Waals surface area contributed by atoms with Crippen molar-refractivity contribution in [3.8, 4) is 22.5 Å². The highest BCUT2D eigenvalue weighted by Gasteiger charge is 2.10. The Morgan fingerprint density at radius 1 is 0.533 bits per heavy atom. The minimum atomic E-state index is 0.874. The highest BCUT2D eigenvalue weighted by atomic mass is 15.4. The van der Waals surface area contributed by atoms with Gasteiger partial charge in [-0.25, -0.2) is 9.35 Å². The van der Waals surface area contributed by atoms with Crippen molar-refractivity contribution < 1.29 is 0 Å². The predicted molar refractivity (Wildman–Crippen MR) is 126 cm³/mol. The Balaban J connectivity index is 1.72. The summed E-state index contributed by atoms with van der Waals surface area (Å²) in [5.41, 5.74) is 8.35. The summed E-state index contributed by atoms with van der Waals surface area (Å²) in [6, 6.07) is 29.1. The lowest BCUT2D eigenvalue weighted by Crippen LogP contribution is -2.12. The summed E-state index contributed by atoms with van der Waals surface area (Å²) in [5.74, 6) is 0. The van der Waals surface area contributed by atoms with Crippen LogP contribution in [-0.2, 0) is 0 Å². The maximum atomic E-state index is 4.90. The Kier molecular flexibility index (Phi) is 5.48. The van der Waals surface area contributed by atoms with Gasteiger partial charge in [-0.05, 0) is 52.0 Å². The van der Waals surface area contributed by atoms with Crippen LogP contribution in [-0.4, -0.2) is 20.8 Å². The standard InChI is InChI=1S/C26H26N4/c1-19-15-17-25(23-11-7-5-8-12-23)29(19)27-21(3)22(4)28-30-20(2)16-18-26(30)24-13-9-6-10-14-24/h5-18H,1-4H3. The van der Waals surface area contributed by atoms with Gasteiger partial charge in [-0.3, -0.25) is 0 Å². The molecular formula is C26H26N4. The third-order valence-corrected chi connectivity index (χ3v) is 5.25. The Labute approximate surface area is 177 Å². The van der Waals surface area contributed by atoms with Crippen molar-refractivity contribution in [2.75, 3.05) is 0 Å². The fraction of sp³-hybridized carbons (Fsp3) is 0.154. The van der Waals surface area contributed by atoms with Gasteiger partial charge in [0, 0.05) is 22.5 Å². The molecule has 30 heavy (non-hydrogen) atoms. The first-order chi connectivity index (χ1) is 14.5. The molecule has 0 aliphatic heterocycles. The van der Waals surface area contributed by atoms with Crippen molar-refractivity contribution in [1.29, 1.82) is 0 Å². The summed E-state index contributed by atoms with van der Waals surface area (Å²) in [6.07, 6.45) is 0. The number of aryl methyl sites for hydroxylation is 2. The van der Waals surface area contributed by atoms with Crippen LogP contribution in [0.2, 0.25) is 0 Å². The van der Waals surface area contributed by atoms with E-state index >= 15 is 0 Å². The van der Waals surface area contributed by atoms with Crippen LogP contribution in [0.4, 0.5) is 0 Å². The molecular weight excluding hydrogens is 368 g/mol. The van der Waals surface area contributed by atoms with E-state index in [9.17, 15) is 0 Å². The van der Waals surface area contributed by atoms with Crippen molar-refractivity contribution in [3.05, 3.63) is 96.3 Å². The van der Waals surface area contributed by atoms with Gasteiger partial charge in [-0.15, -0.1) is 0 Å². The van der Waals surface area contributed by atoms with E-state index in [-0.39, 0.29) is 0 Å². The molecule has 0 aliphatic carbocycles. The van der Waals surface area contributed by atoms with Crippen LogP contribution in [0.5, 0.6) is 0 Å². The molecule has 4 nitrogen and oxygen atoms in total. The van der Waals surface area contributed by atoms with Crippen LogP contribution >= 0.6 is 0 Å². The summed E-state index contributed by atoms with van der Waals surface area (Å²) in [6.45, 7) is 8.15. The van der Waals surface area contributed by atoms with Gasteiger partial charge in [0.25, 0.3) is 0 Å². The molecule has 4 heteroatoms. The minimum absolute atomic E-state index is 0.874.